The van der Waals surface area contributed by atoms with Gasteiger partial charge in [0.2, 0.25) is 5.91 Å². The van der Waals surface area contributed by atoms with Gasteiger partial charge in [-0.25, -0.2) is 9.67 Å². The number of nitrogens with zero attached hydrogens (tertiary/aromatic N) is 3. The summed E-state index contributed by atoms with van der Waals surface area (Å²) in [6.07, 6.45) is 0.215. The van der Waals surface area contributed by atoms with Crippen molar-refractivity contribution in [2.24, 2.45) is 0 Å². The molecule has 1 N–H and O–H groups in total. The monoisotopic (exact) mass is 300 g/mol. The van der Waals surface area contributed by atoms with Crippen molar-refractivity contribution < 1.29 is 22.7 Å². The lowest BCUT2D eigenvalue weighted by molar-refractivity contribution is -0.174. The lowest BCUT2D eigenvalue weighted by atomic mass is 10.4. The maximum Gasteiger partial charge on any atom is 0.411 e. The van der Waals surface area contributed by atoms with Gasteiger partial charge in [-0.15, -0.1) is 0 Å². The Hall–Kier alpha value is -2.42. The van der Waals surface area contributed by atoms with Crippen LogP contribution in [-0.4, -0.2) is 40.1 Å². The minimum Gasteiger partial charge on any atom is -0.362 e. The van der Waals surface area contributed by atoms with Crippen LogP contribution in [0.1, 0.15) is 0 Å². The van der Waals surface area contributed by atoms with Gasteiger partial charge in [0.25, 0.3) is 0 Å². The molecule has 0 spiro atoms. The third-order valence-corrected chi connectivity index (χ3v) is 2.27. The molecule has 112 valence electrons. The molecule has 0 bridgehead atoms. The zero-order chi connectivity index (χ0) is 15.3. The van der Waals surface area contributed by atoms with Crippen LogP contribution in [0.25, 0.3) is 5.82 Å². The Morgan fingerprint density at radius 3 is 2.76 bits per heavy atom. The number of ether oxygens (including phenoxy) is 1. The fourth-order valence-corrected chi connectivity index (χ4v) is 1.46. The van der Waals surface area contributed by atoms with Crippen LogP contribution in [0.5, 0.6) is 0 Å². The first kappa shape index (κ1) is 15.0. The molecular formula is C12H11F3N4O2. The predicted octanol–water partition coefficient (Wildman–Crippen LogP) is 1.78. The van der Waals surface area contributed by atoms with E-state index in [-0.39, 0.29) is 0 Å². The fourth-order valence-electron chi connectivity index (χ4n) is 1.46. The molecule has 0 aromatic carbocycles. The average Bonchev–Trinajstić information content (AvgIpc) is 2.92. The van der Waals surface area contributed by atoms with Gasteiger partial charge in [0.1, 0.15) is 13.2 Å². The van der Waals surface area contributed by atoms with E-state index in [0.29, 0.717) is 11.5 Å². The van der Waals surface area contributed by atoms with E-state index in [1.165, 1.54) is 10.9 Å². The molecule has 2 heterocycles. The number of halogens is 3. The Morgan fingerprint density at radius 2 is 2.19 bits per heavy atom. The van der Waals surface area contributed by atoms with Crippen molar-refractivity contribution in [2.45, 2.75) is 6.18 Å². The summed E-state index contributed by atoms with van der Waals surface area (Å²) in [5.41, 5.74) is 0.353. The van der Waals surface area contributed by atoms with Gasteiger partial charge >= 0.3 is 6.18 Å². The number of amides is 1. The molecule has 0 fully saturated rings. The van der Waals surface area contributed by atoms with Crippen molar-refractivity contribution in [1.82, 2.24) is 14.8 Å². The van der Waals surface area contributed by atoms with E-state index in [1.54, 1.807) is 30.6 Å². The van der Waals surface area contributed by atoms with E-state index < -0.39 is 25.3 Å². The van der Waals surface area contributed by atoms with Gasteiger partial charge < -0.3 is 10.1 Å². The number of alkyl halides is 3. The topological polar surface area (TPSA) is 69.0 Å². The number of nitrogens with one attached hydrogen (secondary N) is 1. The van der Waals surface area contributed by atoms with E-state index in [0.717, 1.165) is 0 Å². The molecule has 0 unspecified atom stereocenters. The standard InChI is InChI=1S/C12H11F3N4O2/c13-12(14,15)8-21-7-11(20)18-9-2-3-10(16-6-9)19-5-1-4-17-19/h1-6H,7-8H2,(H,18,20). The Balaban J connectivity index is 1.84. The highest BCUT2D eigenvalue weighted by Gasteiger charge is 2.27. The minimum absolute atomic E-state index is 0.353. The molecule has 21 heavy (non-hydrogen) atoms. The second kappa shape index (κ2) is 6.35. The summed E-state index contributed by atoms with van der Waals surface area (Å²) in [6, 6.07) is 4.90. The summed E-state index contributed by atoms with van der Waals surface area (Å²) in [7, 11) is 0. The smallest absolute Gasteiger partial charge is 0.362 e. The molecule has 9 heteroatoms. The average molecular weight is 300 g/mol. The second-order valence-corrected chi connectivity index (χ2v) is 4.01. The Kier molecular flexibility index (Phi) is 4.53. The molecule has 0 aliphatic carbocycles. The zero-order valence-electron chi connectivity index (χ0n) is 10.7. The number of hydrogen-bond acceptors (Lipinski definition) is 4. The van der Waals surface area contributed by atoms with Crippen molar-refractivity contribution in [3.8, 4) is 5.82 Å². The lowest BCUT2D eigenvalue weighted by Crippen LogP contribution is -2.24. The van der Waals surface area contributed by atoms with Crippen LogP contribution >= 0.6 is 0 Å². The number of rotatable bonds is 5. The normalized spacial score (nSPS) is 11.4. The third-order valence-electron chi connectivity index (χ3n) is 2.27. The van der Waals surface area contributed by atoms with Crippen molar-refractivity contribution in [2.75, 3.05) is 18.5 Å². The molecule has 2 aromatic rings. The summed E-state index contributed by atoms with van der Waals surface area (Å²) in [5, 5.41) is 6.36. The van der Waals surface area contributed by atoms with Crippen LogP contribution in [0.15, 0.2) is 36.8 Å². The molecule has 0 atom stereocenters. The number of pyridine rings is 1. The first-order valence-electron chi connectivity index (χ1n) is 5.84. The number of carbonyl (C=O) groups is 1. The van der Waals surface area contributed by atoms with Gasteiger partial charge in [0, 0.05) is 12.4 Å². The van der Waals surface area contributed by atoms with Crippen LogP contribution in [0.2, 0.25) is 0 Å². The molecule has 0 radical (unpaired) electrons. The fraction of sp³-hybridized carbons (Fsp3) is 0.250. The van der Waals surface area contributed by atoms with Crippen molar-refractivity contribution in [3.63, 3.8) is 0 Å². The molecule has 0 saturated carbocycles. The largest absolute Gasteiger partial charge is 0.411 e. The van der Waals surface area contributed by atoms with Crippen molar-refractivity contribution in [3.05, 3.63) is 36.8 Å². The van der Waals surface area contributed by atoms with Crippen LogP contribution in [-0.2, 0) is 9.53 Å². The van der Waals surface area contributed by atoms with Crippen LogP contribution in [0.3, 0.4) is 0 Å². The molecule has 0 aliphatic rings. The maximum absolute atomic E-state index is 11.8. The molecule has 1 amide bonds. The Morgan fingerprint density at radius 1 is 1.38 bits per heavy atom. The number of aromatic nitrogens is 3. The van der Waals surface area contributed by atoms with Gasteiger partial charge in [-0.3, -0.25) is 4.79 Å². The van der Waals surface area contributed by atoms with Gasteiger partial charge in [0.05, 0.1) is 11.9 Å². The number of hydrogen-bond donors (Lipinski definition) is 1. The summed E-state index contributed by atoms with van der Waals surface area (Å²) in [4.78, 5) is 15.4. The predicted molar refractivity (Wildman–Crippen MR) is 66.9 cm³/mol. The second-order valence-electron chi connectivity index (χ2n) is 4.01. The molecule has 2 rings (SSSR count). The minimum atomic E-state index is -4.45. The highest BCUT2D eigenvalue weighted by molar-refractivity contribution is 5.91. The summed E-state index contributed by atoms with van der Waals surface area (Å²) >= 11 is 0. The maximum atomic E-state index is 11.8. The number of anilines is 1. The van der Waals surface area contributed by atoms with Crippen molar-refractivity contribution in [1.29, 1.82) is 0 Å². The molecular weight excluding hydrogens is 289 g/mol. The SMILES string of the molecule is O=C(COCC(F)(F)F)Nc1ccc(-n2cccn2)nc1. The first-order valence-corrected chi connectivity index (χ1v) is 5.84. The summed E-state index contributed by atoms with van der Waals surface area (Å²) in [5.74, 6) is -0.140. The lowest BCUT2D eigenvalue weighted by Gasteiger charge is -2.08. The van der Waals surface area contributed by atoms with E-state index in [9.17, 15) is 18.0 Å². The third kappa shape index (κ3) is 4.88. The van der Waals surface area contributed by atoms with Crippen molar-refractivity contribution >= 4 is 11.6 Å². The molecule has 0 aliphatic heterocycles. The highest BCUT2D eigenvalue weighted by atomic mass is 19.4. The van der Waals surface area contributed by atoms with Crippen LogP contribution in [0, 0.1) is 0 Å². The van der Waals surface area contributed by atoms with Crippen LogP contribution < -0.4 is 5.32 Å². The highest BCUT2D eigenvalue weighted by Crippen LogP contribution is 2.14. The van der Waals surface area contributed by atoms with E-state index >= 15 is 0 Å². The molecule has 2 aromatic heterocycles. The summed E-state index contributed by atoms with van der Waals surface area (Å²) < 4.78 is 41.3. The van der Waals surface area contributed by atoms with E-state index in [2.05, 4.69) is 20.1 Å². The van der Waals surface area contributed by atoms with Crippen LogP contribution in [0.4, 0.5) is 18.9 Å². The first-order chi connectivity index (χ1) is 9.94. The zero-order valence-corrected chi connectivity index (χ0v) is 10.7. The van der Waals surface area contributed by atoms with E-state index in [1.807, 2.05) is 0 Å². The Bertz CT molecular complexity index is 582. The summed E-state index contributed by atoms with van der Waals surface area (Å²) in [6.45, 7) is -2.14. The van der Waals surface area contributed by atoms with Gasteiger partial charge in [-0.2, -0.15) is 18.3 Å². The molecule has 6 nitrogen and oxygen atoms in total. The van der Waals surface area contributed by atoms with Gasteiger partial charge in [-0.1, -0.05) is 0 Å². The van der Waals surface area contributed by atoms with Gasteiger partial charge in [0.15, 0.2) is 5.82 Å². The van der Waals surface area contributed by atoms with Gasteiger partial charge in [-0.05, 0) is 18.2 Å². The quantitative estimate of drug-likeness (QED) is 0.914. The van der Waals surface area contributed by atoms with E-state index in [4.69, 9.17) is 0 Å². The Labute approximate surface area is 117 Å². The molecule has 0 saturated heterocycles. The number of carbonyl (C=O) groups excluding carboxylic acids is 1.